The first-order valence-corrected chi connectivity index (χ1v) is 6.34. The number of ether oxygens (including phenoxy) is 1. The van der Waals surface area contributed by atoms with Crippen molar-refractivity contribution in [1.82, 2.24) is 5.32 Å². The Morgan fingerprint density at radius 2 is 2.00 bits per heavy atom. The number of hydrogen-bond acceptors (Lipinski definition) is 3. The Hall–Kier alpha value is -1.88. The molecule has 1 aromatic rings. The minimum absolute atomic E-state index is 0.0152. The summed E-state index contributed by atoms with van der Waals surface area (Å²) in [7, 11) is 0. The van der Waals surface area contributed by atoms with E-state index in [9.17, 15) is 9.59 Å². The molecule has 0 saturated heterocycles. The van der Waals surface area contributed by atoms with Crippen LogP contribution in [0.25, 0.3) is 0 Å². The van der Waals surface area contributed by atoms with Crippen LogP contribution < -0.4 is 10.6 Å². The van der Waals surface area contributed by atoms with E-state index in [2.05, 4.69) is 10.6 Å². The van der Waals surface area contributed by atoms with Gasteiger partial charge in [0.2, 0.25) is 5.91 Å². The van der Waals surface area contributed by atoms with Crippen molar-refractivity contribution in [2.75, 3.05) is 25.1 Å². The van der Waals surface area contributed by atoms with Gasteiger partial charge in [0.1, 0.15) is 6.61 Å². The highest BCUT2D eigenvalue weighted by atomic mass is 16.5. The molecule has 0 spiro atoms. The molecule has 0 aliphatic heterocycles. The number of carbonyl (C=O) groups is 2. The van der Waals surface area contributed by atoms with Gasteiger partial charge in [-0.15, -0.1) is 0 Å². The number of hydrogen-bond donors (Lipinski definition) is 2. The van der Waals surface area contributed by atoms with E-state index in [0.717, 1.165) is 5.56 Å². The Balaban J connectivity index is 2.79. The van der Waals surface area contributed by atoms with Gasteiger partial charge in [0.25, 0.3) is 5.91 Å². The number of nitrogens with one attached hydrogen (secondary N) is 2. The molecule has 2 amide bonds. The maximum Gasteiger partial charge on any atom is 0.251 e. The van der Waals surface area contributed by atoms with Gasteiger partial charge < -0.3 is 15.4 Å². The highest BCUT2D eigenvalue weighted by molar-refractivity contribution is 5.98. The molecule has 5 nitrogen and oxygen atoms in total. The fraction of sp³-hybridized carbons (Fsp3) is 0.429. The molecule has 0 aliphatic rings. The molecule has 1 aromatic carbocycles. The van der Waals surface area contributed by atoms with Crippen LogP contribution in [0, 0.1) is 6.92 Å². The molecule has 104 valence electrons. The second-order valence-electron chi connectivity index (χ2n) is 4.07. The molecule has 0 heterocycles. The summed E-state index contributed by atoms with van der Waals surface area (Å²) in [5, 5.41) is 5.46. The van der Waals surface area contributed by atoms with E-state index in [-0.39, 0.29) is 18.4 Å². The second kappa shape index (κ2) is 7.53. The van der Waals surface area contributed by atoms with Crippen LogP contribution in [0.4, 0.5) is 5.69 Å². The number of benzene rings is 1. The van der Waals surface area contributed by atoms with Crippen molar-refractivity contribution >= 4 is 17.5 Å². The van der Waals surface area contributed by atoms with E-state index < -0.39 is 0 Å². The highest BCUT2D eigenvalue weighted by Gasteiger charge is 2.09. The van der Waals surface area contributed by atoms with Crippen LogP contribution in [0.5, 0.6) is 0 Å². The van der Waals surface area contributed by atoms with E-state index in [1.165, 1.54) is 0 Å². The lowest BCUT2D eigenvalue weighted by Crippen LogP contribution is -2.23. The molecule has 5 heteroatoms. The topological polar surface area (TPSA) is 67.4 Å². The predicted octanol–water partition coefficient (Wildman–Crippen LogP) is 1.72. The van der Waals surface area contributed by atoms with Crippen molar-refractivity contribution in [2.45, 2.75) is 20.8 Å². The van der Waals surface area contributed by atoms with Gasteiger partial charge in [0, 0.05) is 24.4 Å². The summed E-state index contributed by atoms with van der Waals surface area (Å²) in [6.45, 7) is 6.63. The minimum Gasteiger partial charge on any atom is -0.372 e. The van der Waals surface area contributed by atoms with Crippen LogP contribution in [-0.4, -0.2) is 31.6 Å². The predicted molar refractivity (Wildman–Crippen MR) is 74.3 cm³/mol. The normalized spacial score (nSPS) is 10.1. The fourth-order valence-corrected chi connectivity index (χ4v) is 1.54. The van der Waals surface area contributed by atoms with Crippen LogP contribution in [-0.2, 0) is 9.53 Å². The van der Waals surface area contributed by atoms with E-state index in [0.29, 0.717) is 24.4 Å². The summed E-state index contributed by atoms with van der Waals surface area (Å²) in [6, 6.07) is 5.21. The molecule has 0 aliphatic carbocycles. The molecule has 0 radical (unpaired) electrons. The van der Waals surface area contributed by atoms with Gasteiger partial charge >= 0.3 is 0 Å². The van der Waals surface area contributed by atoms with E-state index in [1.807, 2.05) is 20.8 Å². The number of aryl methyl sites for hydroxylation is 1. The molecule has 0 atom stereocenters. The monoisotopic (exact) mass is 264 g/mol. The number of anilines is 1. The van der Waals surface area contributed by atoms with Crippen molar-refractivity contribution in [3.05, 3.63) is 29.3 Å². The largest absolute Gasteiger partial charge is 0.372 e. The SMILES string of the molecule is CCNC(=O)c1ccc(C)c(NC(=O)COCC)c1. The highest BCUT2D eigenvalue weighted by Crippen LogP contribution is 2.16. The van der Waals surface area contributed by atoms with Crippen LogP contribution in [0.2, 0.25) is 0 Å². The zero-order chi connectivity index (χ0) is 14.3. The third-order valence-electron chi connectivity index (χ3n) is 2.55. The Labute approximate surface area is 113 Å². The van der Waals surface area contributed by atoms with Gasteiger partial charge in [-0.05, 0) is 38.5 Å². The van der Waals surface area contributed by atoms with Gasteiger partial charge in [0.15, 0.2) is 0 Å². The lowest BCUT2D eigenvalue weighted by molar-refractivity contribution is -0.120. The smallest absolute Gasteiger partial charge is 0.251 e. The Morgan fingerprint density at radius 3 is 2.63 bits per heavy atom. The molecule has 0 saturated carbocycles. The Bertz CT molecular complexity index is 458. The second-order valence-corrected chi connectivity index (χ2v) is 4.07. The van der Waals surface area contributed by atoms with E-state index in [1.54, 1.807) is 18.2 Å². The van der Waals surface area contributed by atoms with Crippen molar-refractivity contribution in [3.63, 3.8) is 0 Å². The molecule has 0 aromatic heterocycles. The minimum atomic E-state index is -0.224. The molecule has 1 rings (SSSR count). The van der Waals surface area contributed by atoms with Gasteiger partial charge in [-0.2, -0.15) is 0 Å². The third kappa shape index (κ3) is 4.71. The first kappa shape index (κ1) is 15.2. The number of rotatable bonds is 6. The van der Waals surface area contributed by atoms with Crippen molar-refractivity contribution in [1.29, 1.82) is 0 Å². The van der Waals surface area contributed by atoms with E-state index >= 15 is 0 Å². The maximum atomic E-state index is 11.7. The van der Waals surface area contributed by atoms with Gasteiger partial charge in [-0.25, -0.2) is 0 Å². The summed E-state index contributed by atoms with van der Waals surface area (Å²) in [5.74, 6) is -0.374. The molecule has 0 fully saturated rings. The molecule has 0 unspecified atom stereocenters. The average Bonchev–Trinajstić information content (AvgIpc) is 2.39. The van der Waals surface area contributed by atoms with Crippen molar-refractivity contribution in [3.8, 4) is 0 Å². The van der Waals surface area contributed by atoms with Crippen molar-refractivity contribution in [2.24, 2.45) is 0 Å². The maximum absolute atomic E-state index is 11.7. The molecule has 2 N–H and O–H groups in total. The number of amides is 2. The molecular formula is C14H20N2O3. The van der Waals surface area contributed by atoms with Crippen LogP contribution in [0.1, 0.15) is 29.8 Å². The lowest BCUT2D eigenvalue weighted by atomic mass is 10.1. The van der Waals surface area contributed by atoms with Gasteiger partial charge in [0.05, 0.1) is 0 Å². The zero-order valence-electron chi connectivity index (χ0n) is 11.6. The summed E-state index contributed by atoms with van der Waals surface area (Å²) in [5.41, 5.74) is 2.06. The van der Waals surface area contributed by atoms with Crippen molar-refractivity contribution < 1.29 is 14.3 Å². The quantitative estimate of drug-likeness (QED) is 0.822. The average molecular weight is 264 g/mol. The van der Waals surface area contributed by atoms with Crippen LogP contribution >= 0.6 is 0 Å². The van der Waals surface area contributed by atoms with Crippen LogP contribution in [0.15, 0.2) is 18.2 Å². The number of carbonyl (C=O) groups excluding carboxylic acids is 2. The third-order valence-corrected chi connectivity index (χ3v) is 2.55. The molecule has 19 heavy (non-hydrogen) atoms. The summed E-state index contributed by atoms with van der Waals surface area (Å²) in [6.07, 6.45) is 0. The van der Waals surface area contributed by atoms with Gasteiger partial charge in [-0.1, -0.05) is 6.07 Å². The first-order chi connectivity index (χ1) is 9.08. The standard InChI is InChI=1S/C14H20N2O3/c1-4-15-14(18)11-7-6-10(3)12(8-11)16-13(17)9-19-5-2/h6-8H,4-5,9H2,1-3H3,(H,15,18)(H,16,17). The van der Waals surface area contributed by atoms with Crippen LogP contribution in [0.3, 0.4) is 0 Å². The summed E-state index contributed by atoms with van der Waals surface area (Å²) in [4.78, 5) is 23.3. The van der Waals surface area contributed by atoms with Gasteiger partial charge in [-0.3, -0.25) is 9.59 Å². The fourth-order valence-electron chi connectivity index (χ4n) is 1.54. The summed E-state index contributed by atoms with van der Waals surface area (Å²) >= 11 is 0. The lowest BCUT2D eigenvalue weighted by Gasteiger charge is -2.10. The Kier molecular flexibility index (Phi) is 6.02. The first-order valence-electron chi connectivity index (χ1n) is 6.34. The van der Waals surface area contributed by atoms with E-state index in [4.69, 9.17) is 4.74 Å². The zero-order valence-corrected chi connectivity index (χ0v) is 11.6. The Morgan fingerprint density at radius 1 is 1.26 bits per heavy atom. The summed E-state index contributed by atoms with van der Waals surface area (Å²) < 4.78 is 5.03. The molecular weight excluding hydrogens is 244 g/mol. The molecule has 0 bridgehead atoms.